The molecule has 14 heavy (non-hydrogen) atoms. The van der Waals surface area contributed by atoms with Crippen molar-refractivity contribution in [2.24, 2.45) is 12.8 Å². The monoisotopic (exact) mass is 196 g/mol. The first-order valence-corrected chi connectivity index (χ1v) is 4.63. The zero-order valence-electron chi connectivity index (χ0n) is 8.58. The molecule has 0 saturated heterocycles. The normalized spacial score (nSPS) is 10.2. The minimum atomic E-state index is -0.0796. The van der Waals surface area contributed by atoms with Gasteiger partial charge in [-0.2, -0.15) is 5.10 Å². The van der Waals surface area contributed by atoms with Gasteiger partial charge in [0, 0.05) is 19.8 Å². The highest BCUT2D eigenvalue weighted by molar-refractivity contribution is 5.94. The number of hydrogen-bond donors (Lipinski definition) is 2. The number of aryl methyl sites for hydroxylation is 2. The molecule has 3 N–H and O–H groups in total. The molecule has 0 saturated carbocycles. The molecule has 1 aromatic rings. The van der Waals surface area contributed by atoms with Gasteiger partial charge in [-0.1, -0.05) is 0 Å². The zero-order valence-corrected chi connectivity index (χ0v) is 8.58. The molecule has 0 aromatic carbocycles. The van der Waals surface area contributed by atoms with Crippen molar-refractivity contribution in [3.63, 3.8) is 0 Å². The van der Waals surface area contributed by atoms with Gasteiger partial charge in [-0.25, -0.2) is 0 Å². The molecule has 5 heteroatoms. The summed E-state index contributed by atoms with van der Waals surface area (Å²) >= 11 is 0. The van der Waals surface area contributed by atoms with Gasteiger partial charge in [-0.3, -0.25) is 9.48 Å². The molecule has 1 amide bonds. The first kappa shape index (κ1) is 10.7. The summed E-state index contributed by atoms with van der Waals surface area (Å²) in [5.41, 5.74) is 6.70. The third-order valence-electron chi connectivity index (χ3n) is 1.92. The van der Waals surface area contributed by atoms with Crippen molar-refractivity contribution in [2.45, 2.75) is 13.3 Å². The predicted octanol–water partition coefficient (Wildman–Crippen LogP) is -0.193. The third kappa shape index (κ3) is 2.56. The van der Waals surface area contributed by atoms with E-state index < -0.39 is 0 Å². The topological polar surface area (TPSA) is 72.9 Å². The summed E-state index contributed by atoms with van der Waals surface area (Å²) in [6, 6.07) is 0. The summed E-state index contributed by atoms with van der Waals surface area (Å²) in [6.45, 7) is 3.02. The number of hydrogen-bond acceptors (Lipinski definition) is 3. The van der Waals surface area contributed by atoms with E-state index in [4.69, 9.17) is 5.73 Å². The summed E-state index contributed by atoms with van der Waals surface area (Å²) < 4.78 is 1.63. The van der Waals surface area contributed by atoms with E-state index in [9.17, 15) is 4.79 Å². The van der Waals surface area contributed by atoms with Gasteiger partial charge in [0.25, 0.3) is 5.91 Å². The molecule has 0 aliphatic heterocycles. The number of amides is 1. The molecule has 5 nitrogen and oxygen atoms in total. The summed E-state index contributed by atoms with van der Waals surface area (Å²) in [6.07, 6.45) is 2.51. The molecule has 0 fully saturated rings. The lowest BCUT2D eigenvalue weighted by Crippen LogP contribution is -2.26. The number of aromatic nitrogens is 2. The van der Waals surface area contributed by atoms with Crippen LogP contribution in [0.25, 0.3) is 0 Å². The molecular formula is C9H16N4O. The van der Waals surface area contributed by atoms with E-state index in [0.29, 0.717) is 18.7 Å². The second kappa shape index (κ2) is 4.76. The van der Waals surface area contributed by atoms with Gasteiger partial charge in [0.05, 0.1) is 11.3 Å². The molecule has 0 aliphatic carbocycles. The molecule has 1 rings (SSSR count). The van der Waals surface area contributed by atoms with Gasteiger partial charge in [-0.15, -0.1) is 0 Å². The first-order valence-electron chi connectivity index (χ1n) is 4.63. The second-order valence-corrected chi connectivity index (χ2v) is 3.20. The largest absolute Gasteiger partial charge is 0.352 e. The molecule has 0 unspecified atom stereocenters. The van der Waals surface area contributed by atoms with Crippen LogP contribution in [0.3, 0.4) is 0 Å². The highest BCUT2D eigenvalue weighted by Gasteiger charge is 2.10. The van der Waals surface area contributed by atoms with Crippen molar-refractivity contribution in [2.75, 3.05) is 13.1 Å². The van der Waals surface area contributed by atoms with E-state index in [1.165, 1.54) is 0 Å². The fourth-order valence-corrected chi connectivity index (χ4v) is 1.22. The molecule has 0 atom stereocenters. The Morgan fingerprint density at radius 1 is 1.71 bits per heavy atom. The molecule has 1 aromatic heterocycles. The Labute approximate surface area is 83.3 Å². The van der Waals surface area contributed by atoms with Gasteiger partial charge in [0.15, 0.2) is 0 Å². The number of rotatable bonds is 4. The van der Waals surface area contributed by atoms with Crippen molar-refractivity contribution in [3.8, 4) is 0 Å². The fraction of sp³-hybridized carbons (Fsp3) is 0.556. The summed E-state index contributed by atoms with van der Waals surface area (Å²) in [5.74, 6) is -0.0796. The van der Waals surface area contributed by atoms with E-state index in [1.54, 1.807) is 17.9 Å². The van der Waals surface area contributed by atoms with Crippen molar-refractivity contribution in [1.82, 2.24) is 15.1 Å². The van der Waals surface area contributed by atoms with Gasteiger partial charge in [0.2, 0.25) is 0 Å². The lowest BCUT2D eigenvalue weighted by Gasteiger charge is -2.01. The van der Waals surface area contributed by atoms with Crippen LogP contribution >= 0.6 is 0 Å². The van der Waals surface area contributed by atoms with E-state index in [2.05, 4.69) is 10.4 Å². The minimum Gasteiger partial charge on any atom is -0.352 e. The Bertz CT molecular complexity index is 319. The number of nitrogens with two attached hydrogens (primary N) is 1. The van der Waals surface area contributed by atoms with Crippen LogP contribution in [0.1, 0.15) is 22.5 Å². The van der Waals surface area contributed by atoms with Crippen molar-refractivity contribution >= 4 is 5.91 Å². The zero-order chi connectivity index (χ0) is 10.6. The Balaban J connectivity index is 2.56. The second-order valence-electron chi connectivity index (χ2n) is 3.20. The van der Waals surface area contributed by atoms with Gasteiger partial charge in [0.1, 0.15) is 0 Å². The molecule has 1 heterocycles. The maximum absolute atomic E-state index is 11.5. The van der Waals surface area contributed by atoms with Crippen LogP contribution in [0.4, 0.5) is 0 Å². The Kier molecular flexibility index (Phi) is 3.64. The van der Waals surface area contributed by atoms with E-state index in [-0.39, 0.29) is 5.91 Å². The van der Waals surface area contributed by atoms with Gasteiger partial charge >= 0.3 is 0 Å². The molecular weight excluding hydrogens is 180 g/mol. The standard InChI is InChI=1S/C9H16N4O/c1-7-8(6-13(2)12-7)9(14)11-5-3-4-10/h6H,3-5,10H2,1-2H3,(H,11,14). The lowest BCUT2D eigenvalue weighted by molar-refractivity contribution is 0.0953. The van der Waals surface area contributed by atoms with Crippen molar-refractivity contribution < 1.29 is 4.79 Å². The lowest BCUT2D eigenvalue weighted by atomic mass is 10.2. The van der Waals surface area contributed by atoms with Crippen LogP contribution in [-0.2, 0) is 7.05 Å². The SMILES string of the molecule is Cc1nn(C)cc1C(=O)NCCCN. The average molecular weight is 196 g/mol. The van der Waals surface area contributed by atoms with Crippen molar-refractivity contribution in [3.05, 3.63) is 17.5 Å². The quantitative estimate of drug-likeness (QED) is 0.655. The summed E-state index contributed by atoms with van der Waals surface area (Å²) in [5, 5.41) is 6.87. The van der Waals surface area contributed by atoms with Crippen molar-refractivity contribution in [1.29, 1.82) is 0 Å². The maximum atomic E-state index is 11.5. The van der Waals surface area contributed by atoms with Crippen LogP contribution in [0.5, 0.6) is 0 Å². The smallest absolute Gasteiger partial charge is 0.254 e. The fourth-order valence-electron chi connectivity index (χ4n) is 1.22. The molecule has 0 spiro atoms. The number of carbonyl (C=O) groups is 1. The van der Waals surface area contributed by atoms with Crippen LogP contribution in [0, 0.1) is 6.92 Å². The highest BCUT2D eigenvalue weighted by atomic mass is 16.1. The van der Waals surface area contributed by atoms with E-state index in [0.717, 1.165) is 12.1 Å². The summed E-state index contributed by atoms with van der Waals surface area (Å²) in [7, 11) is 1.80. The average Bonchev–Trinajstić information content (AvgIpc) is 2.45. The Hall–Kier alpha value is -1.36. The Morgan fingerprint density at radius 3 is 2.93 bits per heavy atom. The van der Waals surface area contributed by atoms with Crippen LogP contribution in [0.2, 0.25) is 0 Å². The predicted molar refractivity (Wildman–Crippen MR) is 53.9 cm³/mol. The van der Waals surface area contributed by atoms with Crippen LogP contribution in [-0.4, -0.2) is 28.8 Å². The third-order valence-corrected chi connectivity index (χ3v) is 1.92. The van der Waals surface area contributed by atoms with Gasteiger partial charge in [-0.05, 0) is 19.9 Å². The minimum absolute atomic E-state index is 0.0796. The van der Waals surface area contributed by atoms with E-state index in [1.807, 2.05) is 6.92 Å². The molecule has 0 radical (unpaired) electrons. The number of carbonyl (C=O) groups excluding carboxylic acids is 1. The van der Waals surface area contributed by atoms with E-state index >= 15 is 0 Å². The molecule has 0 bridgehead atoms. The first-order chi connectivity index (χ1) is 6.65. The van der Waals surface area contributed by atoms with Crippen LogP contribution < -0.4 is 11.1 Å². The Morgan fingerprint density at radius 2 is 2.43 bits per heavy atom. The van der Waals surface area contributed by atoms with Gasteiger partial charge < -0.3 is 11.1 Å². The summed E-state index contributed by atoms with van der Waals surface area (Å²) in [4.78, 5) is 11.5. The number of nitrogens with one attached hydrogen (secondary N) is 1. The highest BCUT2D eigenvalue weighted by Crippen LogP contribution is 2.03. The molecule has 0 aliphatic rings. The number of nitrogens with zero attached hydrogens (tertiary/aromatic N) is 2. The van der Waals surface area contributed by atoms with Crippen LogP contribution in [0.15, 0.2) is 6.20 Å². The molecule has 78 valence electrons. The maximum Gasteiger partial charge on any atom is 0.254 e.